The summed E-state index contributed by atoms with van der Waals surface area (Å²) in [5, 5.41) is -0.459. The van der Waals surface area contributed by atoms with Crippen LogP contribution in [0.3, 0.4) is 0 Å². The monoisotopic (exact) mass is 400 g/mol. The molecule has 0 radical (unpaired) electrons. The molecule has 0 aliphatic carbocycles. The molecule has 18 heavy (non-hydrogen) atoms. The van der Waals surface area contributed by atoms with Gasteiger partial charge in [0.25, 0.3) is 5.56 Å². The lowest BCUT2D eigenvalue weighted by molar-refractivity contribution is 0.584. The van der Waals surface area contributed by atoms with E-state index in [0.717, 1.165) is 3.57 Å². The van der Waals surface area contributed by atoms with Crippen molar-refractivity contribution in [3.8, 4) is 5.69 Å². The molecule has 0 saturated heterocycles. The SMILES string of the molecule is O=c1[nH]c(Cl)c(F)c(=O)n1-c1ccc(I)cc1Cl. The van der Waals surface area contributed by atoms with Gasteiger partial charge in [-0.2, -0.15) is 4.39 Å². The first kappa shape index (κ1) is 13.6. The smallest absolute Gasteiger partial charge is 0.295 e. The largest absolute Gasteiger partial charge is 0.334 e. The van der Waals surface area contributed by atoms with Gasteiger partial charge in [-0.3, -0.25) is 9.78 Å². The van der Waals surface area contributed by atoms with Gasteiger partial charge >= 0.3 is 5.69 Å². The van der Waals surface area contributed by atoms with Gasteiger partial charge in [0, 0.05) is 3.57 Å². The summed E-state index contributed by atoms with van der Waals surface area (Å²) >= 11 is 13.3. The predicted molar refractivity (Wildman–Crippen MR) is 75.4 cm³/mol. The maximum absolute atomic E-state index is 13.4. The summed E-state index contributed by atoms with van der Waals surface area (Å²) in [6.07, 6.45) is 0. The van der Waals surface area contributed by atoms with E-state index in [-0.39, 0.29) is 10.7 Å². The highest BCUT2D eigenvalue weighted by molar-refractivity contribution is 14.1. The third-order valence-electron chi connectivity index (χ3n) is 2.15. The van der Waals surface area contributed by atoms with Crippen molar-refractivity contribution >= 4 is 45.8 Å². The van der Waals surface area contributed by atoms with Crippen LogP contribution in [-0.2, 0) is 0 Å². The number of halogens is 4. The van der Waals surface area contributed by atoms with Gasteiger partial charge in [0.2, 0.25) is 5.82 Å². The molecule has 0 fully saturated rings. The van der Waals surface area contributed by atoms with Crippen LogP contribution in [0.2, 0.25) is 10.2 Å². The van der Waals surface area contributed by atoms with Crippen molar-refractivity contribution < 1.29 is 4.39 Å². The lowest BCUT2D eigenvalue weighted by atomic mass is 10.3. The van der Waals surface area contributed by atoms with E-state index in [4.69, 9.17) is 23.2 Å². The van der Waals surface area contributed by atoms with E-state index in [0.29, 0.717) is 4.57 Å². The lowest BCUT2D eigenvalue weighted by Gasteiger charge is -2.07. The molecule has 0 aliphatic rings. The molecule has 1 aromatic carbocycles. The fraction of sp³-hybridized carbons (Fsp3) is 0. The number of hydrogen-bond acceptors (Lipinski definition) is 2. The highest BCUT2D eigenvalue weighted by Crippen LogP contribution is 2.21. The minimum absolute atomic E-state index is 0.0962. The van der Waals surface area contributed by atoms with Crippen molar-refractivity contribution in [2.45, 2.75) is 0 Å². The van der Waals surface area contributed by atoms with Crippen molar-refractivity contribution in [2.24, 2.45) is 0 Å². The number of H-pyrrole nitrogens is 1. The van der Waals surface area contributed by atoms with Crippen LogP contribution in [0.25, 0.3) is 5.69 Å². The number of nitrogens with zero attached hydrogens (tertiary/aromatic N) is 1. The Morgan fingerprint density at radius 2 is 1.94 bits per heavy atom. The Morgan fingerprint density at radius 1 is 1.28 bits per heavy atom. The topological polar surface area (TPSA) is 54.9 Å². The van der Waals surface area contributed by atoms with E-state index in [1.165, 1.54) is 6.07 Å². The minimum atomic E-state index is -1.23. The lowest BCUT2D eigenvalue weighted by Crippen LogP contribution is -2.36. The van der Waals surface area contributed by atoms with Crippen molar-refractivity contribution in [2.75, 3.05) is 0 Å². The zero-order chi connectivity index (χ0) is 13.4. The fourth-order valence-electron chi connectivity index (χ4n) is 1.37. The summed E-state index contributed by atoms with van der Waals surface area (Å²) in [5.74, 6) is -1.23. The number of aromatic nitrogens is 2. The Bertz CT molecular complexity index is 742. The van der Waals surface area contributed by atoms with Crippen LogP contribution in [0, 0.1) is 9.39 Å². The van der Waals surface area contributed by atoms with Crippen LogP contribution in [0.5, 0.6) is 0 Å². The van der Waals surface area contributed by atoms with Gasteiger partial charge in [-0.15, -0.1) is 0 Å². The number of nitrogens with one attached hydrogen (secondary N) is 1. The standard InChI is InChI=1S/C10H4Cl2FIN2O2/c11-5-3-4(14)1-2-6(5)16-9(17)7(13)8(12)15-10(16)18/h1-3H,(H,15,18). The van der Waals surface area contributed by atoms with E-state index >= 15 is 0 Å². The third-order valence-corrected chi connectivity index (χ3v) is 3.39. The molecule has 0 atom stereocenters. The number of aromatic amines is 1. The second-order valence-electron chi connectivity index (χ2n) is 3.29. The minimum Gasteiger partial charge on any atom is -0.295 e. The molecule has 0 bridgehead atoms. The van der Waals surface area contributed by atoms with Gasteiger partial charge in [0.1, 0.15) is 0 Å². The highest BCUT2D eigenvalue weighted by atomic mass is 127. The van der Waals surface area contributed by atoms with Gasteiger partial charge in [-0.1, -0.05) is 23.2 Å². The molecule has 0 spiro atoms. The highest BCUT2D eigenvalue weighted by Gasteiger charge is 2.15. The summed E-state index contributed by atoms with van der Waals surface area (Å²) in [6.45, 7) is 0. The molecule has 0 unspecified atom stereocenters. The van der Waals surface area contributed by atoms with E-state index in [1.54, 1.807) is 12.1 Å². The Hall–Kier alpha value is -0.860. The fourth-order valence-corrected chi connectivity index (χ4v) is 2.47. The molecular weight excluding hydrogens is 397 g/mol. The van der Waals surface area contributed by atoms with E-state index in [1.807, 2.05) is 27.6 Å². The van der Waals surface area contributed by atoms with Crippen LogP contribution in [-0.4, -0.2) is 9.55 Å². The van der Waals surface area contributed by atoms with Crippen LogP contribution in [0.4, 0.5) is 4.39 Å². The van der Waals surface area contributed by atoms with Crippen molar-refractivity contribution in [3.05, 3.63) is 58.6 Å². The molecule has 2 aromatic rings. The Balaban J connectivity index is 2.84. The average Bonchev–Trinajstić information content (AvgIpc) is 2.29. The van der Waals surface area contributed by atoms with Crippen molar-refractivity contribution in [1.82, 2.24) is 9.55 Å². The summed E-state index contributed by atoms with van der Waals surface area (Å²) in [6, 6.07) is 4.64. The van der Waals surface area contributed by atoms with Gasteiger partial charge < -0.3 is 0 Å². The van der Waals surface area contributed by atoms with E-state index in [9.17, 15) is 14.0 Å². The summed E-state index contributed by atoms with van der Waals surface area (Å²) in [7, 11) is 0. The first-order chi connectivity index (χ1) is 8.41. The Morgan fingerprint density at radius 3 is 2.56 bits per heavy atom. The van der Waals surface area contributed by atoms with Gasteiger partial charge in [-0.05, 0) is 40.8 Å². The molecule has 1 N–H and O–H groups in total. The number of hydrogen-bond donors (Lipinski definition) is 1. The molecule has 0 aliphatic heterocycles. The van der Waals surface area contributed by atoms with Gasteiger partial charge in [0.05, 0.1) is 10.7 Å². The molecule has 0 amide bonds. The normalized spacial score (nSPS) is 10.7. The summed E-state index contributed by atoms with van der Waals surface area (Å²) in [4.78, 5) is 25.3. The van der Waals surface area contributed by atoms with E-state index < -0.39 is 22.2 Å². The molecule has 94 valence electrons. The second kappa shape index (κ2) is 5.02. The van der Waals surface area contributed by atoms with Crippen LogP contribution in [0.15, 0.2) is 27.8 Å². The molecule has 4 nitrogen and oxygen atoms in total. The van der Waals surface area contributed by atoms with E-state index in [2.05, 4.69) is 0 Å². The maximum atomic E-state index is 13.4. The molecule has 1 heterocycles. The Kier molecular flexibility index (Phi) is 3.79. The maximum Gasteiger partial charge on any atom is 0.334 e. The third kappa shape index (κ3) is 2.32. The van der Waals surface area contributed by atoms with Crippen LogP contribution >= 0.6 is 45.8 Å². The van der Waals surface area contributed by atoms with Crippen LogP contribution < -0.4 is 11.2 Å². The zero-order valence-electron chi connectivity index (χ0n) is 8.51. The molecule has 0 saturated carbocycles. The molecule has 1 aromatic heterocycles. The Labute approximate surface area is 123 Å². The van der Waals surface area contributed by atoms with Gasteiger partial charge in [0.15, 0.2) is 5.15 Å². The van der Waals surface area contributed by atoms with Crippen LogP contribution in [0.1, 0.15) is 0 Å². The molecule has 2 rings (SSSR count). The number of rotatable bonds is 1. The number of benzene rings is 1. The van der Waals surface area contributed by atoms with Gasteiger partial charge in [-0.25, -0.2) is 9.36 Å². The quantitative estimate of drug-likeness (QED) is 0.590. The first-order valence-corrected chi connectivity index (χ1v) is 6.41. The average molecular weight is 401 g/mol. The second-order valence-corrected chi connectivity index (χ2v) is 5.33. The summed E-state index contributed by atoms with van der Waals surface area (Å²) in [5.41, 5.74) is -1.90. The van der Waals surface area contributed by atoms with Crippen molar-refractivity contribution in [1.29, 1.82) is 0 Å². The molecular formula is C10H4Cl2FIN2O2. The first-order valence-electron chi connectivity index (χ1n) is 4.57. The van der Waals surface area contributed by atoms with Crippen molar-refractivity contribution in [3.63, 3.8) is 0 Å². The zero-order valence-corrected chi connectivity index (χ0v) is 12.2. The predicted octanol–water partition coefficient (Wildman–Crippen LogP) is 2.58. The molecule has 8 heteroatoms. The summed E-state index contributed by atoms with van der Waals surface area (Å²) < 4.78 is 14.8.